The third kappa shape index (κ3) is 6.46. The van der Waals surface area contributed by atoms with Crippen LogP contribution in [0.1, 0.15) is 5.56 Å². The van der Waals surface area contributed by atoms with Gasteiger partial charge in [0.05, 0.1) is 22.4 Å². The SMILES string of the molecule is Cc1ccccc1-c1cccc(-c2cc(-c3ccccc3-n3c4ccccc4c4ccccc43)ccc2N(c2ccccc2)c2ccc(-c3cccc4ccccc34)cc2)c1S. The minimum atomic E-state index is 0.940. The van der Waals surface area contributed by atoms with E-state index in [1.807, 2.05) is 0 Å². The summed E-state index contributed by atoms with van der Waals surface area (Å²) in [5, 5.41) is 4.97. The van der Waals surface area contributed by atoms with Crippen molar-refractivity contribution in [3.05, 3.63) is 236 Å². The van der Waals surface area contributed by atoms with Gasteiger partial charge in [-0.2, -0.15) is 0 Å². The summed E-state index contributed by atoms with van der Waals surface area (Å²) < 4.78 is 2.42. The highest BCUT2D eigenvalue weighted by Gasteiger charge is 2.22. The van der Waals surface area contributed by atoms with Gasteiger partial charge in [-0.15, -0.1) is 12.6 Å². The maximum Gasteiger partial charge on any atom is 0.0541 e. The van der Waals surface area contributed by atoms with Gasteiger partial charge in [-0.05, 0) is 111 Å². The van der Waals surface area contributed by atoms with Crippen LogP contribution in [0.25, 0.3) is 82.8 Å². The van der Waals surface area contributed by atoms with E-state index >= 15 is 0 Å². The quantitative estimate of drug-likeness (QED) is 0.150. The molecular formula is C59H42N2S. The summed E-state index contributed by atoms with van der Waals surface area (Å²) in [7, 11) is 0. The van der Waals surface area contributed by atoms with Gasteiger partial charge in [-0.3, -0.25) is 0 Å². The summed E-state index contributed by atoms with van der Waals surface area (Å²) in [6, 6.07) is 83.2. The van der Waals surface area contributed by atoms with E-state index in [1.165, 1.54) is 54.8 Å². The van der Waals surface area contributed by atoms with Gasteiger partial charge >= 0.3 is 0 Å². The number of aryl methyl sites for hydroxylation is 1. The predicted octanol–water partition coefficient (Wildman–Crippen LogP) is 16.7. The fourth-order valence-electron chi connectivity index (χ4n) is 9.33. The zero-order valence-corrected chi connectivity index (χ0v) is 35.2. The molecule has 0 aliphatic rings. The van der Waals surface area contributed by atoms with Crippen molar-refractivity contribution in [1.82, 2.24) is 4.57 Å². The zero-order valence-electron chi connectivity index (χ0n) is 34.3. The highest BCUT2D eigenvalue weighted by atomic mass is 32.1. The second-order valence-corrected chi connectivity index (χ2v) is 16.3. The molecule has 0 saturated carbocycles. The van der Waals surface area contributed by atoms with E-state index in [4.69, 9.17) is 12.6 Å². The molecule has 0 radical (unpaired) electrons. The molecule has 0 spiro atoms. The van der Waals surface area contributed by atoms with Gasteiger partial charge in [0.15, 0.2) is 0 Å². The van der Waals surface area contributed by atoms with Crippen LogP contribution in [0.15, 0.2) is 235 Å². The van der Waals surface area contributed by atoms with Gasteiger partial charge in [0.1, 0.15) is 0 Å². The highest BCUT2D eigenvalue weighted by molar-refractivity contribution is 7.80. The van der Waals surface area contributed by atoms with Crippen molar-refractivity contribution in [2.24, 2.45) is 0 Å². The lowest BCUT2D eigenvalue weighted by atomic mass is 9.92. The summed E-state index contributed by atoms with van der Waals surface area (Å²) >= 11 is 5.40. The average Bonchev–Trinajstić information content (AvgIpc) is 3.67. The van der Waals surface area contributed by atoms with Crippen molar-refractivity contribution >= 4 is 62.3 Å². The summed E-state index contributed by atoms with van der Waals surface area (Å²) in [5.41, 5.74) is 17.0. The van der Waals surface area contributed by atoms with Gasteiger partial charge in [0.25, 0.3) is 0 Å². The number of nitrogens with zero attached hydrogens (tertiary/aromatic N) is 2. The zero-order chi connectivity index (χ0) is 41.6. The van der Waals surface area contributed by atoms with Gasteiger partial charge in [-0.1, -0.05) is 176 Å². The first-order valence-electron chi connectivity index (χ1n) is 21.2. The van der Waals surface area contributed by atoms with Crippen LogP contribution >= 0.6 is 12.6 Å². The Bertz CT molecular complexity index is 3380. The van der Waals surface area contributed by atoms with Crippen molar-refractivity contribution < 1.29 is 0 Å². The van der Waals surface area contributed by atoms with E-state index in [0.29, 0.717) is 0 Å². The molecule has 1 aromatic heterocycles. The largest absolute Gasteiger partial charge is 0.310 e. The Balaban J connectivity index is 1.14. The van der Waals surface area contributed by atoms with E-state index < -0.39 is 0 Å². The van der Waals surface area contributed by atoms with Crippen LogP contribution in [-0.4, -0.2) is 4.57 Å². The number of benzene rings is 10. The van der Waals surface area contributed by atoms with E-state index in [2.05, 4.69) is 247 Å². The predicted molar refractivity (Wildman–Crippen MR) is 267 cm³/mol. The molecule has 294 valence electrons. The number of hydrogen-bond acceptors (Lipinski definition) is 2. The molecular weight excluding hydrogens is 769 g/mol. The molecule has 0 aliphatic carbocycles. The number of aromatic nitrogens is 1. The standard InChI is InChI=1S/C59H42N2S/c1-40-17-5-7-22-46(40)52-28-16-29-53(59(52)62)54-39-43(49-24-9-12-30-55(49)61-56-31-13-10-25-50(56)51-26-11-14-32-57(51)61)35-38-58(54)60(44-20-3-2-4-21-44)45-36-33-42(34-37-45)48-27-15-19-41-18-6-8-23-47(41)48/h2-39,62H,1H3. The molecule has 0 atom stereocenters. The molecule has 3 heteroatoms. The second-order valence-electron chi connectivity index (χ2n) is 15.9. The third-order valence-corrected chi connectivity index (χ3v) is 12.8. The average molecular weight is 811 g/mol. The van der Waals surface area contributed by atoms with Crippen molar-refractivity contribution in [2.45, 2.75) is 11.8 Å². The van der Waals surface area contributed by atoms with Crippen molar-refractivity contribution in [2.75, 3.05) is 4.90 Å². The molecule has 0 unspecified atom stereocenters. The summed E-state index contributed by atoms with van der Waals surface area (Å²) in [4.78, 5) is 3.33. The van der Waals surface area contributed by atoms with E-state index in [9.17, 15) is 0 Å². The number of hydrogen-bond donors (Lipinski definition) is 1. The Kier molecular flexibility index (Phi) is 9.52. The molecule has 0 bridgehead atoms. The third-order valence-electron chi connectivity index (χ3n) is 12.3. The normalized spacial score (nSPS) is 11.4. The van der Waals surface area contributed by atoms with Crippen molar-refractivity contribution in [3.63, 3.8) is 0 Å². The molecule has 11 rings (SSSR count). The monoisotopic (exact) mass is 810 g/mol. The Morgan fingerprint density at radius 3 is 1.63 bits per heavy atom. The molecule has 10 aromatic carbocycles. The number of rotatable bonds is 8. The number of thiol groups is 1. The second kappa shape index (κ2) is 15.8. The van der Waals surface area contributed by atoms with Gasteiger partial charge in [0.2, 0.25) is 0 Å². The maximum absolute atomic E-state index is 5.40. The van der Waals surface area contributed by atoms with E-state index in [0.717, 1.165) is 55.5 Å². The number of anilines is 3. The molecule has 0 saturated heterocycles. The topological polar surface area (TPSA) is 8.17 Å². The lowest BCUT2D eigenvalue weighted by Crippen LogP contribution is -2.11. The van der Waals surface area contributed by atoms with Crippen LogP contribution in [0.2, 0.25) is 0 Å². The van der Waals surface area contributed by atoms with Gasteiger partial charge in [0, 0.05) is 38.2 Å². The van der Waals surface area contributed by atoms with E-state index in [-0.39, 0.29) is 0 Å². The molecule has 11 aromatic rings. The van der Waals surface area contributed by atoms with Crippen LogP contribution in [-0.2, 0) is 0 Å². The molecule has 0 fully saturated rings. The smallest absolute Gasteiger partial charge is 0.0541 e. The Hall–Kier alpha value is -7.59. The first-order valence-corrected chi connectivity index (χ1v) is 21.6. The molecule has 62 heavy (non-hydrogen) atoms. The molecule has 2 nitrogen and oxygen atoms in total. The van der Waals surface area contributed by atoms with Crippen LogP contribution in [0.4, 0.5) is 17.1 Å². The van der Waals surface area contributed by atoms with Crippen LogP contribution in [0, 0.1) is 6.92 Å². The Morgan fingerprint density at radius 1 is 0.371 bits per heavy atom. The molecule has 0 amide bonds. The van der Waals surface area contributed by atoms with Crippen LogP contribution in [0.3, 0.4) is 0 Å². The first-order chi connectivity index (χ1) is 30.6. The highest BCUT2D eigenvalue weighted by Crippen LogP contribution is 2.47. The minimum absolute atomic E-state index is 0.940. The van der Waals surface area contributed by atoms with Crippen molar-refractivity contribution in [1.29, 1.82) is 0 Å². The molecule has 1 heterocycles. The molecule has 0 N–H and O–H groups in total. The van der Waals surface area contributed by atoms with E-state index in [1.54, 1.807) is 0 Å². The number of fused-ring (bicyclic) bond motifs is 4. The Morgan fingerprint density at radius 2 is 0.887 bits per heavy atom. The van der Waals surface area contributed by atoms with Crippen LogP contribution < -0.4 is 4.90 Å². The molecule has 0 aliphatic heterocycles. The van der Waals surface area contributed by atoms with Gasteiger partial charge < -0.3 is 9.47 Å². The summed E-state index contributed by atoms with van der Waals surface area (Å²) in [6.45, 7) is 2.17. The minimum Gasteiger partial charge on any atom is -0.310 e. The van der Waals surface area contributed by atoms with Crippen LogP contribution in [0.5, 0.6) is 0 Å². The first kappa shape index (κ1) is 37.4. The summed E-state index contributed by atoms with van der Waals surface area (Å²) in [5.74, 6) is 0. The Labute approximate surface area is 368 Å². The number of para-hydroxylation sites is 4. The van der Waals surface area contributed by atoms with Crippen molar-refractivity contribution in [3.8, 4) is 50.2 Å². The fraction of sp³-hybridized carbons (Fsp3) is 0.0169. The lowest BCUT2D eigenvalue weighted by molar-refractivity contribution is 1.18. The maximum atomic E-state index is 5.40. The summed E-state index contributed by atoms with van der Waals surface area (Å²) in [6.07, 6.45) is 0. The lowest BCUT2D eigenvalue weighted by Gasteiger charge is -2.29. The fourth-order valence-corrected chi connectivity index (χ4v) is 9.72. The van der Waals surface area contributed by atoms with Gasteiger partial charge in [-0.25, -0.2) is 0 Å².